The van der Waals surface area contributed by atoms with Crippen LogP contribution in [0, 0.1) is 0 Å². The van der Waals surface area contributed by atoms with Crippen molar-refractivity contribution >= 4 is 11.8 Å². The molecule has 0 spiro atoms. The molecular formula is C17H23NO3S. The van der Waals surface area contributed by atoms with Crippen LogP contribution in [-0.4, -0.2) is 24.5 Å². The van der Waals surface area contributed by atoms with Crippen LogP contribution in [-0.2, 0) is 6.54 Å². The largest absolute Gasteiger partial charge is 0.496 e. The van der Waals surface area contributed by atoms with Gasteiger partial charge >= 0.3 is 0 Å². The smallest absolute Gasteiger partial charge is 0.132 e. The van der Waals surface area contributed by atoms with Gasteiger partial charge < -0.3 is 19.6 Å². The molecule has 4 nitrogen and oxygen atoms in total. The summed E-state index contributed by atoms with van der Waals surface area (Å²) in [5.41, 5.74) is 1.16. The lowest BCUT2D eigenvalue weighted by atomic mass is 10.1. The molecule has 2 aromatic rings. The first-order valence-corrected chi connectivity index (χ1v) is 8.52. The third-order valence-electron chi connectivity index (χ3n) is 3.55. The lowest BCUT2D eigenvalue weighted by molar-refractivity contribution is 0.128. The summed E-state index contributed by atoms with van der Waals surface area (Å²) in [7, 11) is 1.69. The Hall–Kier alpha value is -1.43. The number of aliphatic hydroxyl groups is 1. The standard InChI is InChI=1S/C17H23NO3S/c1-12(9-14(19)15-5-4-8-21-15)18-11-13-6-7-17(22-3)16(10-13)20-2/h4-8,10,12,14,18-19H,9,11H2,1-3H3. The predicted octanol–water partition coefficient (Wildman–Crippen LogP) is 3.61. The number of benzene rings is 1. The maximum atomic E-state index is 10.1. The summed E-state index contributed by atoms with van der Waals surface area (Å²) in [5, 5.41) is 13.5. The van der Waals surface area contributed by atoms with Crippen LogP contribution in [0.4, 0.5) is 0 Å². The topological polar surface area (TPSA) is 54.6 Å². The van der Waals surface area contributed by atoms with Gasteiger partial charge in [-0.15, -0.1) is 11.8 Å². The Labute approximate surface area is 135 Å². The molecule has 0 fully saturated rings. The first-order chi connectivity index (χ1) is 10.6. The van der Waals surface area contributed by atoms with E-state index >= 15 is 0 Å². The van der Waals surface area contributed by atoms with Crippen molar-refractivity contribution in [2.45, 2.75) is 36.9 Å². The highest BCUT2D eigenvalue weighted by Crippen LogP contribution is 2.28. The molecule has 22 heavy (non-hydrogen) atoms. The van der Waals surface area contributed by atoms with Crippen LogP contribution in [0.5, 0.6) is 5.75 Å². The van der Waals surface area contributed by atoms with Gasteiger partial charge in [-0.1, -0.05) is 6.07 Å². The molecule has 2 N–H and O–H groups in total. The number of hydrogen-bond donors (Lipinski definition) is 2. The Morgan fingerprint density at radius 1 is 1.36 bits per heavy atom. The molecule has 0 aliphatic heterocycles. The molecule has 2 atom stereocenters. The summed E-state index contributed by atoms with van der Waals surface area (Å²) in [6.45, 7) is 2.79. The van der Waals surface area contributed by atoms with Crippen LogP contribution >= 0.6 is 11.8 Å². The van der Waals surface area contributed by atoms with Gasteiger partial charge in [-0.25, -0.2) is 0 Å². The zero-order valence-corrected chi connectivity index (χ0v) is 14.0. The first-order valence-electron chi connectivity index (χ1n) is 7.29. The van der Waals surface area contributed by atoms with Crippen molar-refractivity contribution in [2.75, 3.05) is 13.4 Å². The second-order valence-corrected chi connectivity index (χ2v) is 6.09. The van der Waals surface area contributed by atoms with Crippen molar-refractivity contribution in [2.24, 2.45) is 0 Å². The van der Waals surface area contributed by atoms with Crippen molar-refractivity contribution in [3.8, 4) is 5.75 Å². The predicted molar refractivity (Wildman–Crippen MR) is 89.4 cm³/mol. The second kappa shape index (κ2) is 8.27. The lowest BCUT2D eigenvalue weighted by Crippen LogP contribution is -2.27. The van der Waals surface area contributed by atoms with E-state index in [0.29, 0.717) is 12.2 Å². The maximum absolute atomic E-state index is 10.1. The van der Waals surface area contributed by atoms with Crippen molar-refractivity contribution in [1.82, 2.24) is 5.32 Å². The summed E-state index contributed by atoms with van der Waals surface area (Å²) >= 11 is 1.67. The van der Waals surface area contributed by atoms with Gasteiger partial charge in [0.15, 0.2) is 0 Å². The molecule has 0 aliphatic rings. The highest BCUT2D eigenvalue weighted by molar-refractivity contribution is 7.98. The third-order valence-corrected chi connectivity index (χ3v) is 4.33. The van der Waals surface area contributed by atoms with Gasteiger partial charge in [0.2, 0.25) is 0 Å². The zero-order chi connectivity index (χ0) is 15.9. The Morgan fingerprint density at radius 2 is 2.18 bits per heavy atom. The summed E-state index contributed by atoms with van der Waals surface area (Å²) in [5.74, 6) is 1.51. The van der Waals surface area contributed by atoms with Crippen LogP contribution in [0.15, 0.2) is 45.9 Å². The van der Waals surface area contributed by atoms with Gasteiger partial charge in [-0.2, -0.15) is 0 Å². The molecule has 120 valence electrons. The fourth-order valence-electron chi connectivity index (χ4n) is 2.30. The average molecular weight is 321 g/mol. The van der Waals surface area contributed by atoms with Crippen molar-refractivity contribution in [3.05, 3.63) is 47.9 Å². The van der Waals surface area contributed by atoms with Crippen LogP contribution in [0.3, 0.4) is 0 Å². The molecule has 0 radical (unpaired) electrons. The number of ether oxygens (including phenoxy) is 1. The Kier molecular flexibility index (Phi) is 6.36. The van der Waals surface area contributed by atoms with Gasteiger partial charge in [0, 0.05) is 17.5 Å². The molecule has 1 aromatic carbocycles. The number of methoxy groups -OCH3 is 1. The van der Waals surface area contributed by atoms with Crippen molar-refractivity contribution in [1.29, 1.82) is 0 Å². The fourth-order valence-corrected chi connectivity index (χ4v) is 2.85. The Bertz CT molecular complexity index is 571. The lowest BCUT2D eigenvalue weighted by Gasteiger charge is -2.17. The van der Waals surface area contributed by atoms with Gasteiger partial charge in [0.25, 0.3) is 0 Å². The van der Waals surface area contributed by atoms with E-state index in [1.54, 1.807) is 37.3 Å². The van der Waals surface area contributed by atoms with E-state index in [1.807, 2.05) is 6.26 Å². The van der Waals surface area contributed by atoms with Gasteiger partial charge in [-0.05, 0) is 49.4 Å². The molecule has 5 heteroatoms. The molecule has 0 saturated carbocycles. The summed E-state index contributed by atoms with van der Waals surface area (Å²) in [6.07, 6.45) is 3.64. The van der Waals surface area contributed by atoms with E-state index in [9.17, 15) is 5.11 Å². The molecule has 2 unspecified atom stereocenters. The minimum absolute atomic E-state index is 0.173. The van der Waals surface area contributed by atoms with Crippen LogP contribution in [0.2, 0.25) is 0 Å². The molecule has 2 rings (SSSR count). The second-order valence-electron chi connectivity index (χ2n) is 5.24. The number of hydrogen-bond acceptors (Lipinski definition) is 5. The van der Waals surface area contributed by atoms with Crippen LogP contribution < -0.4 is 10.1 Å². The minimum atomic E-state index is -0.578. The summed E-state index contributed by atoms with van der Waals surface area (Å²) in [4.78, 5) is 1.13. The van der Waals surface area contributed by atoms with Crippen molar-refractivity contribution < 1.29 is 14.3 Å². The molecule has 0 amide bonds. The van der Waals surface area contributed by atoms with Crippen LogP contribution in [0.25, 0.3) is 0 Å². The monoisotopic (exact) mass is 321 g/mol. The zero-order valence-electron chi connectivity index (χ0n) is 13.2. The van der Waals surface area contributed by atoms with Gasteiger partial charge in [0.05, 0.1) is 13.4 Å². The fraction of sp³-hybridized carbons (Fsp3) is 0.412. The third kappa shape index (κ3) is 4.53. The number of aliphatic hydroxyl groups excluding tert-OH is 1. The van der Waals surface area contributed by atoms with E-state index in [2.05, 4.69) is 30.4 Å². The molecule has 0 aliphatic carbocycles. The molecule has 1 aromatic heterocycles. The first kappa shape index (κ1) is 16.9. The number of thioether (sulfide) groups is 1. The SMILES string of the molecule is COc1cc(CNC(C)CC(O)c2ccco2)ccc1SC. The van der Waals surface area contributed by atoms with E-state index in [1.165, 1.54) is 0 Å². The average Bonchev–Trinajstić information content (AvgIpc) is 3.07. The summed E-state index contributed by atoms with van der Waals surface area (Å²) in [6, 6.07) is 9.97. The molecule has 0 bridgehead atoms. The number of rotatable bonds is 8. The minimum Gasteiger partial charge on any atom is -0.496 e. The van der Waals surface area contributed by atoms with Gasteiger partial charge in [-0.3, -0.25) is 0 Å². The van der Waals surface area contributed by atoms with Gasteiger partial charge in [0.1, 0.15) is 17.6 Å². The maximum Gasteiger partial charge on any atom is 0.132 e. The Balaban J connectivity index is 1.87. The molecule has 0 saturated heterocycles. The normalized spacial score (nSPS) is 13.8. The van der Waals surface area contributed by atoms with E-state index in [0.717, 1.165) is 22.8 Å². The van der Waals surface area contributed by atoms with E-state index < -0.39 is 6.10 Å². The number of nitrogens with one attached hydrogen (secondary N) is 1. The summed E-state index contributed by atoms with van der Waals surface area (Å²) < 4.78 is 10.6. The quantitative estimate of drug-likeness (QED) is 0.727. The molecular weight excluding hydrogens is 298 g/mol. The van der Waals surface area contributed by atoms with E-state index in [-0.39, 0.29) is 6.04 Å². The Morgan fingerprint density at radius 3 is 2.82 bits per heavy atom. The number of furan rings is 1. The highest BCUT2D eigenvalue weighted by Gasteiger charge is 2.14. The molecule has 1 heterocycles. The van der Waals surface area contributed by atoms with Crippen LogP contribution in [0.1, 0.15) is 30.8 Å². The van der Waals surface area contributed by atoms with E-state index in [4.69, 9.17) is 9.15 Å². The van der Waals surface area contributed by atoms with Crippen molar-refractivity contribution in [3.63, 3.8) is 0 Å². The highest BCUT2D eigenvalue weighted by atomic mass is 32.2.